The summed E-state index contributed by atoms with van der Waals surface area (Å²) in [5, 5.41) is 61.0. The summed E-state index contributed by atoms with van der Waals surface area (Å²) in [7, 11) is 4.03. The van der Waals surface area contributed by atoms with E-state index in [1.807, 2.05) is 0 Å². The zero-order valence-electron chi connectivity index (χ0n) is 33.9. The fourth-order valence-electron chi connectivity index (χ4n) is 7.97. The molecule has 1 aliphatic heterocycles. The van der Waals surface area contributed by atoms with Crippen LogP contribution in [0.25, 0.3) is 0 Å². The molecular formula is C40H50N4O15. The first-order valence-electron chi connectivity index (χ1n) is 18.9. The second-order valence-corrected chi connectivity index (χ2v) is 15.3. The molecule has 9 atom stereocenters. The largest absolute Gasteiger partial charge is 0.507 e. The van der Waals surface area contributed by atoms with Crippen molar-refractivity contribution in [3.8, 4) is 17.2 Å². The molecule has 7 N–H and O–H groups in total. The highest BCUT2D eigenvalue weighted by Crippen LogP contribution is 2.52. The monoisotopic (exact) mass is 826 g/mol. The summed E-state index contributed by atoms with van der Waals surface area (Å²) < 4.78 is 17.6. The standard InChI is InChI=1S/C40H50N4O15/c1-16(41-20(5)46)37(53)42-17(2)38(54)43(6)18(3)39(55)44(7)23-12-27(58-19(4)32(23)48)59-25-14-40(56,26(47)15-45)13-22-29(25)36(52)31-30(34(22)50)33(49)21-10-9-11-24(57-8)28(21)35(31)51/h9-11,16-19,23,25,27,32,45,48,50,52,56H,12-15H2,1-8H3,(H,41,46)(H,42,53)/t16-,17-,18-,19?,23?,25+,27?,32?,40+/m1/s1. The third-order valence-electron chi connectivity index (χ3n) is 11.4. The SMILES string of the molecule is COc1cccc2c1C(=O)c1c(O)c3c(c(O)c1C2=O)C[C@@](O)(C(=O)CO)C[C@@H]3OC1CC(N(C)C(=O)[C@@H](C)N(C)C(=O)[C@@H](C)NC(=O)[C@@H](C)NC(C)=O)C(O)C(C)O1. The average molecular weight is 827 g/mol. The summed E-state index contributed by atoms with van der Waals surface area (Å²) in [6.07, 6.45) is -6.75. The Kier molecular flexibility index (Phi) is 12.9. The van der Waals surface area contributed by atoms with Gasteiger partial charge in [0.1, 0.15) is 53.7 Å². The average Bonchev–Trinajstić information content (AvgIpc) is 3.19. The van der Waals surface area contributed by atoms with Gasteiger partial charge in [-0.1, -0.05) is 12.1 Å². The first-order valence-corrected chi connectivity index (χ1v) is 18.9. The number of nitrogens with zero attached hydrogens (tertiary/aromatic N) is 2. The van der Waals surface area contributed by atoms with E-state index in [0.717, 1.165) is 4.90 Å². The van der Waals surface area contributed by atoms with Crippen molar-refractivity contribution in [1.82, 2.24) is 20.4 Å². The summed E-state index contributed by atoms with van der Waals surface area (Å²) >= 11 is 0. The van der Waals surface area contributed by atoms with Crippen molar-refractivity contribution < 1.29 is 73.3 Å². The molecule has 59 heavy (non-hydrogen) atoms. The number of aromatic hydroxyl groups is 2. The lowest BCUT2D eigenvalue weighted by atomic mass is 9.72. The van der Waals surface area contributed by atoms with Gasteiger partial charge in [0.25, 0.3) is 0 Å². The smallest absolute Gasteiger partial charge is 0.245 e. The zero-order chi connectivity index (χ0) is 44.0. The molecule has 320 valence electrons. The number of fused-ring (bicyclic) bond motifs is 3. The van der Waals surface area contributed by atoms with Gasteiger partial charge in [-0.2, -0.15) is 0 Å². The molecule has 4 unspecified atom stereocenters. The summed E-state index contributed by atoms with van der Waals surface area (Å²) in [6, 6.07) is 0.0866. The number of nitrogens with one attached hydrogen (secondary N) is 2. The summed E-state index contributed by atoms with van der Waals surface area (Å²) in [4.78, 5) is 94.1. The number of phenolic OH excluding ortho intramolecular Hbond substituents is 2. The van der Waals surface area contributed by atoms with Gasteiger partial charge in [0.2, 0.25) is 29.4 Å². The van der Waals surface area contributed by atoms with Crippen LogP contribution >= 0.6 is 0 Å². The number of aliphatic hydroxyl groups excluding tert-OH is 2. The number of benzene rings is 2. The minimum atomic E-state index is -2.40. The molecule has 2 aromatic carbocycles. The number of ether oxygens (including phenoxy) is 3. The maximum Gasteiger partial charge on any atom is 0.245 e. The van der Waals surface area contributed by atoms with E-state index in [-0.39, 0.29) is 34.4 Å². The number of Topliss-reactive ketones (excluding diaryl/α,β-unsaturated/α-hetero) is 1. The first-order chi connectivity index (χ1) is 27.6. The normalized spacial score (nSPS) is 25.0. The van der Waals surface area contributed by atoms with E-state index in [1.165, 1.54) is 78.9 Å². The molecular weight excluding hydrogens is 776 g/mol. The van der Waals surface area contributed by atoms with E-state index >= 15 is 0 Å². The van der Waals surface area contributed by atoms with Crippen molar-refractivity contribution in [3.05, 3.63) is 51.6 Å². The Bertz CT molecular complexity index is 2090. The van der Waals surface area contributed by atoms with E-state index in [1.54, 1.807) is 0 Å². The van der Waals surface area contributed by atoms with E-state index in [2.05, 4.69) is 10.6 Å². The minimum Gasteiger partial charge on any atom is -0.507 e. The van der Waals surface area contributed by atoms with E-state index in [4.69, 9.17) is 14.2 Å². The van der Waals surface area contributed by atoms with Gasteiger partial charge in [-0.15, -0.1) is 0 Å². The Morgan fingerprint density at radius 3 is 2.22 bits per heavy atom. The number of aliphatic hydroxyl groups is 3. The molecule has 1 saturated heterocycles. The maximum atomic E-state index is 14.0. The molecule has 19 nitrogen and oxygen atoms in total. The number of rotatable bonds is 12. The Labute approximate surface area is 339 Å². The quantitative estimate of drug-likeness (QED) is 0.112. The molecule has 1 fully saturated rings. The number of carbonyl (C=O) groups excluding carboxylic acids is 7. The Morgan fingerprint density at radius 1 is 0.966 bits per heavy atom. The van der Waals surface area contributed by atoms with Gasteiger partial charge in [-0.25, -0.2) is 0 Å². The van der Waals surface area contributed by atoms with Crippen LogP contribution in [0.15, 0.2) is 18.2 Å². The molecule has 2 aliphatic carbocycles. The van der Waals surface area contributed by atoms with Gasteiger partial charge < -0.3 is 60.2 Å². The number of likely N-dealkylation sites (N-methyl/N-ethyl adjacent to an activating group) is 2. The number of ketones is 3. The third kappa shape index (κ3) is 8.12. The van der Waals surface area contributed by atoms with Crippen LogP contribution < -0.4 is 15.4 Å². The van der Waals surface area contributed by atoms with Gasteiger partial charge in [0.05, 0.1) is 42.0 Å². The summed E-state index contributed by atoms with van der Waals surface area (Å²) in [5.41, 5.74) is -4.32. The highest BCUT2D eigenvalue weighted by atomic mass is 16.7. The van der Waals surface area contributed by atoms with Crippen molar-refractivity contribution >= 4 is 41.0 Å². The molecule has 3 aliphatic rings. The lowest BCUT2D eigenvalue weighted by Crippen LogP contribution is -2.60. The fourth-order valence-corrected chi connectivity index (χ4v) is 7.97. The van der Waals surface area contributed by atoms with Gasteiger partial charge in [0.15, 0.2) is 17.9 Å². The Morgan fingerprint density at radius 2 is 1.61 bits per heavy atom. The Hall–Kier alpha value is -5.47. The highest BCUT2D eigenvalue weighted by Gasteiger charge is 2.51. The lowest BCUT2D eigenvalue weighted by Gasteiger charge is -2.45. The van der Waals surface area contributed by atoms with Gasteiger partial charge in [0, 0.05) is 57.0 Å². The van der Waals surface area contributed by atoms with E-state index in [0.29, 0.717) is 0 Å². The highest BCUT2D eigenvalue weighted by molar-refractivity contribution is 6.31. The van der Waals surface area contributed by atoms with E-state index in [9.17, 15) is 59.1 Å². The predicted molar refractivity (Wildman–Crippen MR) is 203 cm³/mol. The molecule has 0 saturated carbocycles. The van der Waals surface area contributed by atoms with E-state index < -0.39 is 137 Å². The fraction of sp³-hybridized carbons (Fsp3) is 0.525. The second kappa shape index (κ2) is 17.0. The molecule has 5 rings (SSSR count). The van der Waals surface area contributed by atoms with Gasteiger partial charge in [-0.3, -0.25) is 33.6 Å². The number of hydrogen-bond donors (Lipinski definition) is 7. The molecule has 4 amide bonds. The molecule has 0 spiro atoms. The zero-order valence-corrected chi connectivity index (χ0v) is 33.9. The minimum absolute atomic E-state index is 0.0335. The molecule has 0 bridgehead atoms. The lowest BCUT2D eigenvalue weighted by molar-refractivity contribution is -0.257. The van der Waals surface area contributed by atoms with Crippen molar-refractivity contribution in [2.75, 3.05) is 27.8 Å². The molecule has 1 heterocycles. The van der Waals surface area contributed by atoms with Crippen LogP contribution in [0, 0.1) is 0 Å². The number of phenols is 2. The van der Waals surface area contributed by atoms with Crippen molar-refractivity contribution in [2.24, 2.45) is 0 Å². The van der Waals surface area contributed by atoms with Crippen molar-refractivity contribution in [2.45, 2.75) is 108 Å². The van der Waals surface area contributed by atoms with Gasteiger partial charge in [-0.05, 0) is 33.8 Å². The molecule has 2 aromatic rings. The van der Waals surface area contributed by atoms with Crippen LogP contribution in [0.1, 0.15) is 96.5 Å². The first kappa shape index (κ1) is 44.6. The van der Waals surface area contributed by atoms with Crippen LogP contribution in [-0.4, -0.2) is 152 Å². The number of amides is 4. The van der Waals surface area contributed by atoms with Crippen molar-refractivity contribution in [3.63, 3.8) is 0 Å². The van der Waals surface area contributed by atoms with Crippen LogP contribution in [0.4, 0.5) is 0 Å². The number of methoxy groups -OCH3 is 1. The molecule has 0 radical (unpaired) electrons. The van der Waals surface area contributed by atoms with Gasteiger partial charge >= 0.3 is 0 Å². The number of carbonyl (C=O) groups is 7. The molecule has 19 heteroatoms. The predicted octanol–water partition coefficient (Wildman–Crippen LogP) is -0.623. The van der Waals surface area contributed by atoms with Crippen LogP contribution in [-0.2, 0) is 39.9 Å². The van der Waals surface area contributed by atoms with Crippen LogP contribution in [0.5, 0.6) is 17.2 Å². The third-order valence-corrected chi connectivity index (χ3v) is 11.4. The van der Waals surface area contributed by atoms with Crippen LogP contribution in [0.2, 0.25) is 0 Å². The summed E-state index contributed by atoms with van der Waals surface area (Å²) in [6.45, 7) is 5.92. The second-order valence-electron chi connectivity index (χ2n) is 15.3. The number of hydrogen-bond acceptors (Lipinski definition) is 15. The molecule has 0 aromatic heterocycles. The van der Waals surface area contributed by atoms with Crippen molar-refractivity contribution in [1.29, 1.82) is 0 Å². The summed E-state index contributed by atoms with van der Waals surface area (Å²) in [5.74, 6) is -6.60. The van der Waals surface area contributed by atoms with Crippen LogP contribution in [0.3, 0.4) is 0 Å². The Balaban J connectivity index is 1.44. The topological polar surface area (TPSA) is 279 Å². The maximum absolute atomic E-state index is 14.0.